The number of carbonyl (C=O) groups excluding carboxylic acids is 2. The molecule has 8 aliphatic rings. The van der Waals surface area contributed by atoms with Crippen molar-refractivity contribution < 1.29 is 42.4 Å². The fourth-order valence-corrected chi connectivity index (χ4v) is 14.6. The maximum Gasteiger partial charge on any atom is 0.318 e. The highest BCUT2D eigenvalue weighted by atomic mass is 28.3. The second-order valence-electron chi connectivity index (χ2n) is 20.7. The molecule has 59 heavy (non-hydrogen) atoms. The Kier molecular flexibility index (Phi) is 10.4. The van der Waals surface area contributed by atoms with Crippen molar-refractivity contribution in [2.75, 3.05) is 13.2 Å². The third-order valence-electron chi connectivity index (χ3n) is 15.8. The van der Waals surface area contributed by atoms with Crippen LogP contribution in [0.1, 0.15) is 104 Å². The van der Waals surface area contributed by atoms with E-state index in [1.807, 2.05) is 60.7 Å². The average Bonchev–Trinajstić information content (AvgIpc) is 3.89. The van der Waals surface area contributed by atoms with Gasteiger partial charge in [0.05, 0.1) is 17.9 Å². The van der Waals surface area contributed by atoms with Crippen molar-refractivity contribution in [2.24, 2.45) is 57.2 Å². The fourth-order valence-electron chi connectivity index (χ4n) is 13.7. The minimum absolute atomic E-state index is 0.0119. The molecule has 4 heterocycles. The lowest BCUT2D eigenvalue weighted by molar-refractivity contribution is -0.491. The highest BCUT2D eigenvalue weighted by molar-refractivity contribution is 6.48. The molecule has 2 aromatic carbocycles. The Morgan fingerprint density at radius 1 is 0.966 bits per heavy atom. The number of rotatable bonds is 15. The highest BCUT2D eigenvalue weighted by Crippen LogP contribution is 2.83. The second kappa shape index (κ2) is 14.7. The van der Waals surface area contributed by atoms with Crippen LogP contribution in [0.15, 0.2) is 72.3 Å². The van der Waals surface area contributed by atoms with Crippen LogP contribution in [0.3, 0.4) is 0 Å². The van der Waals surface area contributed by atoms with Gasteiger partial charge in [-0.25, -0.2) is 0 Å². The van der Waals surface area contributed by atoms with Crippen LogP contribution in [0.25, 0.3) is 0 Å². The molecule has 10 heteroatoms. The van der Waals surface area contributed by atoms with Crippen molar-refractivity contribution in [3.8, 4) is 0 Å². The molecule has 3 saturated carbocycles. The van der Waals surface area contributed by atoms with Crippen molar-refractivity contribution in [3.05, 3.63) is 83.4 Å². The van der Waals surface area contributed by atoms with Gasteiger partial charge < -0.3 is 32.9 Å². The number of fused-ring (bicyclic) bond motifs is 2. The van der Waals surface area contributed by atoms with E-state index in [2.05, 4.69) is 67.6 Å². The third kappa shape index (κ3) is 5.82. The van der Waals surface area contributed by atoms with E-state index in [0.717, 1.165) is 48.8 Å². The minimum Gasteiger partial charge on any atom is -0.452 e. The SMILES string of the molecule is CCCCOC1C2OC3(O[SiH](C)C)OC(OCC45CC6C(C)CCC6C6(C=O)CC4C=C(C(C)C)C65C(=O)OC(c4ccccc4)c4ccccc4)(OC13)C2C(C)(C)C. The summed E-state index contributed by atoms with van der Waals surface area (Å²) in [5.74, 6) is -3.08. The van der Waals surface area contributed by atoms with E-state index in [0.29, 0.717) is 18.9 Å². The highest BCUT2D eigenvalue weighted by Gasteiger charge is 2.86. The van der Waals surface area contributed by atoms with Crippen LogP contribution in [0.4, 0.5) is 0 Å². The van der Waals surface area contributed by atoms with Crippen LogP contribution in [-0.4, -0.2) is 64.8 Å². The van der Waals surface area contributed by atoms with Gasteiger partial charge in [0.1, 0.15) is 23.9 Å². The van der Waals surface area contributed by atoms with Gasteiger partial charge in [-0.1, -0.05) is 134 Å². The van der Waals surface area contributed by atoms with E-state index in [1.54, 1.807) is 0 Å². The minimum atomic E-state index is -1.73. The molecule has 0 spiro atoms. The van der Waals surface area contributed by atoms with Crippen molar-refractivity contribution in [2.45, 2.75) is 136 Å². The number of allylic oxidation sites excluding steroid dienone is 1. The summed E-state index contributed by atoms with van der Waals surface area (Å²) >= 11 is 0. The summed E-state index contributed by atoms with van der Waals surface area (Å²) in [5, 5.41) is 0. The molecule has 13 atom stereocenters. The summed E-state index contributed by atoms with van der Waals surface area (Å²) in [5.41, 5.74) is -0.646. The summed E-state index contributed by atoms with van der Waals surface area (Å²) in [7, 11) is -1.73. The summed E-state index contributed by atoms with van der Waals surface area (Å²) in [4.78, 5) is 30.6. The molecule has 0 amide bonds. The van der Waals surface area contributed by atoms with Crippen LogP contribution in [0.2, 0.25) is 13.1 Å². The summed E-state index contributed by atoms with van der Waals surface area (Å²) in [6.07, 6.45) is 6.65. The Bertz CT molecular complexity index is 1890. The maximum atomic E-state index is 16.2. The zero-order valence-corrected chi connectivity index (χ0v) is 37.8. The predicted octanol–water partition coefficient (Wildman–Crippen LogP) is 9.16. The van der Waals surface area contributed by atoms with E-state index in [1.165, 1.54) is 6.29 Å². The first-order chi connectivity index (χ1) is 28.1. The molecule has 10 rings (SSSR count). The number of hydrogen-bond donors (Lipinski definition) is 0. The van der Waals surface area contributed by atoms with E-state index in [-0.39, 0.29) is 48.3 Å². The Morgan fingerprint density at radius 2 is 1.64 bits per heavy atom. The van der Waals surface area contributed by atoms with Gasteiger partial charge in [0.25, 0.3) is 5.97 Å². The van der Waals surface area contributed by atoms with Crippen LogP contribution in [0.5, 0.6) is 0 Å². The van der Waals surface area contributed by atoms with Crippen LogP contribution in [-0.2, 0) is 42.4 Å². The lowest BCUT2D eigenvalue weighted by Gasteiger charge is -2.59. The molecule has 13 unspecified atom stereocenters. The van der Waals surface area contributed by atoms with Crippen molar-refractivity contribution in [1.82, 2.24) is 0 Å². The Morgan fingerprint density at radius 3 is 2.24 bits per heavy atom. The van der Waals surface area contributed by atoms with Crippen molar-refractivity contribution in [1.29, 1.82) is 0 Å². The number of unbranched alkanes of at least 4 members (excludes halogenated alkanes) is 1. The van der Waals surface area contributed by atoms with E-state index in [9.17, 15) is 4.79 Å². The molecule has 4 aliphatic carbocycles. The number of carbonyl (C=O) groups is 2. The summed E-state index contributed by atoms with van der Waals surface area (Å²) < 4.78 is 48.8. The van der Waals surface area contributed by atoms with E-state index < -0.39 is 61.0 Å². The number of esters is 1. The Labute approximate surface area is 352 Å². The molecule has 4 aliphatic heterocycles. The largest absolute Gasteiger partial charge is 0.452 e. The van der Waals surface area contributed by atoms with Crippen molar-refractivity contribution >= 4 is 21.3 Å². The van der Waals surface area contributed by atoms with Crippen LogP contribution in [0, 0.1) is 57.2 Å². The van der Waals surface area contributed by atoms with Gasteiger partial charge in [-0.15, -0.1) is 0 Å². The number of hydrogen-bond acceptors (Lipinski definition) is 9. The smallest absolute Gasteiger partial charge is 0.318 e. The number of ether oxygens (including phenoxy) is 6. The molecule has 0 aromatic heterocycles. The molecule has 0 radical (unpaired) electrons. The van der Waals surface area contributed by atoms with Crippen molar-refractivity contribution in [3.63, 3.8) is 0 Å². The van der Waals surface area contributed by atoms with Gasteiger partial charge in [-0.3, -0.25) is 9.53 Å². The maximum absolute atomic E-state index is 16.2. The molecule has 8 bridgehead atoms. The van der Waals surface area contributed by atoms with Crippen LogP contribution < -0.4 is 0 Å². The molecule has 0 N–H and O–H groups in total. The summed E-state index contributed by atoms with van der Waals surface area (Å²) in [6.45, 7) is 20.3. The van der Waals surface area contributed by atoms with Crippen LogP contribution >= 0.6 is 0 Å². The topological polar surface area (TPSA) is 98.8 Å². The summed E-state index contributed by atoms with van der Waals surface area (Å²) in [6, 6.07) is 19.9. The number of benzene rings is 2. The van der Waals surface area contributed by atoms with Gasteiger partial charge in [-0.05, 0) is 84.9 Å². The quantitative estimate of drug-likeness (QED) is 0.0573. The molecular formula is C49H66O9Si. The first-order valence-corrected chi connectivity index (χ1v) is 25.4. The van der Waals surface area contributed by atoms with Gasteiger partial charge >= 0.3 is 11.9 Å². The zero-order chi connectivity index (χ0) is 41.8. The lowest BCUT2D eigenvalue weighted by atomic mass is 9.43. The van der Waals surface area contributed by atoms with Gasteiger partial charge in [0.15, 0.2) is 21.2 Å². The number of aldehydes is 1. The lowest BCUT2D eigenvalue weighted by Crippen LogP contribution is -2.66. The monoisotopic (exact) mass is 826 g/mol. The second-order valence-corrected chi connectivity index (χ2v) is 23.0. The molecule has 4 saturated heterocycles. The van der Waals surface area contributed by atoms with Gasteiger partial charge in [0.2, 0.25) is 0 Å². The fraction of sp³-hybridized carbons (Fsp3) is 0.673. The van der Waals surface area contributed by atoms with Gasteiger partial charge in [0, 0.05) is 12.0 Å². The van der Waals surface area contributed by atoms with E-state index in [4.69, 9.17) is 32.8 Å². The standard InChI is InChI=1S/C49H66O9Si/c1-10-11-24-52-40-39-41(44(5,6)7)48(56-42(40)49(55-39,57-48)58-59(8)9)53-29-46-27-35-31(4)22-23-36(35)45(28-50)26-34(46)25-37(30(2)3)47(45,46)43(51)54-38(32-18-14-12-15-19-32)33-20-16-13-17-21-33/h12-21,25,28,30-31,34-36,38-42,59H,10-11,22-24,26-27,29H2,1-9H3. The zero-order valence-electron chi connectivity index (χ0n) is 36.6. The first kappa shape index (κ1) is 41.6. The molecule has 9 nitrogen and oxygen atoms in total. The molecule has 2 aromatic rings. The van der Waals surface area contributed by atoms with E-state index >= 15 is 4.79 Å². The molecule has 7 fully saturated rings. The third-order valence-corrected chi connectivity index (χ3v) is 16.6. The Balaban J connectivity index is 1.17. The average molecular weight is 827 g/mol. The molecule has 320 valence electrons. The normalized spacial score (nSPS) is 41.3. The Hall–Kier alpha value is -2.70. The predicted molar refractivity (Wildman–Crippen MR) is 225 cm³/mol. The van der Waals surface area contributed by atoms with Gasteiger partial charge in [-0.2, -0.15) is 0 Å². The molecular weight excluding hydrogens is 761 g/mol. The first-order valence-electron chi connectivity index (χ1n) is 22.6.